The molecule has 1 radical (unpaired) electrons. The number of ketones is 1. The molecule has 0 saturated heterocycles. The first-order valence-electron chi connectivity index (χ1n) is 19.8. The van der Waals surface area contributed by atoms with E-state index < -0.39 is 0 Å². The van der Waals surface area contributed by atoms with Crippen molar-refractivity contribution < 1.29 is 34.4 Å². The first-order chi connectivity index (χ1) is 25.5. The number of rotatable bonds is 11. The average Bonchev–Trinajstić information content (AvgIpc) is 3.76. The van der Waals surface area contributed by atoms with Gasteiger partial charge in [0.05, 0.1) is 6.26 Å². The van der Waals surface area contributed by atoms with Gasteiger partial charge in [0.1, 0.15) is 11.3 Å². The molecule has 0 spiro atoms. The predicted molar refractivity (Wildman–Crippen MR) is 232 cm³/mol. The molecule has 0 unspecified atom stereocenters. The number of aliphatic hydroxyl groups is 1. The summed E-state index contributed by atoms with van der Waals surface area (Å²) < 4.78 is 7.30. The molecule has 0 amide bonds. The molecule has 55 heavy (non-hydrogen) atoms. The molecule has 295 valence electrons. The second-order valence-corrected chi connectivity index (χ2v) is 18.2. The smallest absolute Gasteiger partial charge is 0.164 e. The molecule has 3 heterocycles. The zero-order chi connectivity index (χ0) is 39.6. The van der Waals surface area contributed by atoms with Gasteiger partial charge in [-0.1, -0.05) is 124 Å². The van der Waals surface area contributed by atoms with Crippen LogP contribution in [0.3, 0.4) is 0 Å². The Morgan fingerprint density at radius 3 is 2.16 bits per heavy atom. The van der Waals surface area contributed by atoms with Crippen molar-refractivity contribution in [1.29, 1.82) is 0 Å². The van der Waals surface area contributed by atoms with Gasteiger partial charge in [-0.2, -0.15) is 0 Å². The summed E-state index contributed by atoms with van der Waals surface area (Å²) in [5, 5.41) is 13.9. The van der Waals surface area contributed by atoms with Crippen molar-refractivity contribution in [2.75, 3.05) is 0 Å². The molecule has 0 aliphatic heterocycles. The third-order valence-corrected chi connectivity index (χ3v) is 12.9. The number of carbonyl (C=O) groups is 1. The van der Waals surface area contributed by atoms with Crippen LogP contribution in [0.2, 0.25) is 0 Å². The number of aromatic nitrogens is 1. The second kappa shape index (κ2) is 17.7. The number of fused-ring (bicyclic) bond motifs is 3. The first kappa shape index (κ1) is 44.1. The Morgan fingerprint density at radius 2 is 1.55 bits per heavy atom. The quantitative estimate of drug-likeness (QED) is 0.0799. The number of allylic oxidation sites excluding steroid dienone is 2. The third kappa shape index (κ3) is 9.36. The van der Waals surface area contributed by atoms with Gasteiger partial charge in [0.15, 0.2) is 11.4 Å². The van der Waals surface area contributed by atoms with Crippen molar-refractivity contribution in [1.82, 2.24) is 4.98 Å². The fourth-order valence-electron chi connectivity index (χ4n) is 7.08. The van der Waals surface area contributed by atoms with Gasteiger partial charge in [-0.3, -0.25) is 9.78 Å². The van der Waals surface area contributed by atoms with E-state index in [1.807, 2.05) is 58.9 Å². The van der Waals surface area contributed by atoms with Crippen molar-refractivity contribution >= 4 is 49.1 Å². The zero-order valence-corrected chi connectivity index (χ0v) is 38.2. The van der Waals surface area contributed by atoms with Crippen LogP contribution in [-0.4, -0.2) is 15.9 Å². The minimum absolute atomic E-state index is 0. The van der Waals surface area contributed by atoms with Gasteiger partial charge in [-0.25, -0.2) is 0 Å². The Hall–Kier alpha value is -3.57. The summed E-state index contributed by atoms with van der Waals surface area (Å²) in [5.74, 6) is 0.923. The van der Waals surface area contributed by atoms with E-state index in [2.05, 4.69) is 102 Å². The maximum Gasteiger partial charge on any atom is 0.164 e. The SMILES string of the molecule is CCC(C)(CC)C(=O)/C=C(\O)C(C)(CC)CC.Cc1sc2cc(-c3cc(-c4[c-]c5ccccc5c(C(C)(C)C)c4)nc4ccoc34)ccc2c1CC(C)C.[Ir]. The van der Waals surface area contributed by atoms with Crippen LogP contribution in [0.5, 0.6) is 0 Å². The largest absolute Gasteiger partial charge is 0.512 e. The molecule has 6 aromatic rings. The summed E-state index contributed by atoms with van der Waals surface area (Å²) in [4.78, 5) is 18.6. The number of nitrogens with zero attached hydrogens (tertiary/aromatic N) is 1. The zero-order valence-electron chi connectivity index (χ0n) is 35.0. The minimum atomic E-state index is -0.337. The predicted octanol–water partition coefficient (Wildman–Crippen LogP) is 14.8. The molecule has 6 rings (SSSR count). The molecular formula is C49H60IrNO3S-. The molecule has 0 bridgehead atoms. The fraction of sp³-hybridized carbons (Fsp3) is 0.429. The van der Waals surface area contributed by atoms with Crippen LogP contribution in [0.1, 0.15) is 118 Å². The molecule has 1 N–H and O–H groups in total. The number of hydrogen-bond donors (Lipinski definition) is 1. The Bertz CT molecular complexity index is 2290. The maximum absolute atomic E-state index is 12.2. The van der Waals surface area contributed by atoms with Crippen LogP contribution >= 0.6 is 11.3 Å². The van der Waals surface area contributed by atoms with Crippen LogP contribution < -0.4 is 0 Å². The molecular weight excluding hydrogens is 875 g/mol. The summed E-state index contributed by atoms with van der Waals surface area (Å²) in [6.07, 6.45) is 7.61. The molecule has 3 aromatic carbocycles. The molecule has 0 atom stereocenters. The van der Waals surface area contributed by atoms with Gasteiger partial charge in [0.2, 0.25) is 0 Å². The number of hydrogen-bond acceptors (Lipinski definition) is 5. The van der Waals surface area contributed by atoms with E-state index >= 15 is 0 Å². The molecule has 6 heteroatoms. The van der Waals surface area contributed by atoms with Gasteiger partial charge < -0.3 is 9.52 Å². The Balaban J connectivity index is 0.000000320. The summed E-state index contributed by atoms with van der Waals surface area (Å²) in [7, 11) is 0. The molecule has 3 aromatic heterocycles. The van der Waals surface area contributed by atoms with E-state index in [1.54, 1.807) is 6.26 Å². The van der Waals surface area contributed by atoms with Gasteiger partial charge in [-0.15, -0.1) is 40.5 Å². The average molecular weight is 935 g/mol. The van der Waals surface area contributed by atoms with Crippen LogP contribution in [-0.2, 0) is 36.7 Å². The number of carbonyl (C=O) groups excluding carboxylic acids is 1. The number of aliphatic hydroxyl groups excluding tert-OH is 1. The Labute approximate surface area is 347 Å². The van der Waals surface area contributed by atoms with Gasteiger partial charge in [0, 0.05) is 63.9 Å². The Morgan fingerprint density at radius 1 is 0.891 bits per heavy atom. The number of furan rings is 1. The van der Waals surface area contributed by atoms with Crippen molar-refractivity contribution in [3.63, 3.8) is 0 Å². The Kier molecular flexibility index (Phi) is 14.2. The number of thiophene rings is 1. The van der Waals surface area contributed by atoms with Crippen molar-refractivity contribution in [3.8, 4) is 22.4 Å². The summed E-state index contributed by atoms with van der Waals surface area (Å²) in [5.41, 5.74) is 8.05. The maximum atomic E-state index is 12.2. The van der Waals surface area contributed by atoms with E-state index in [9.17, 15) is 9.90 Å². The van der Waals surface area contributed by atoms with Crippen molar-refractivity contribution in [2.45, 2.75) is 121 Å². The number of aryl methyl sites for hydroxylation is 1. The van der Waals surface area contributed by atoms with E-state index in [0.717, 1.165) is 71.0 Å². The van der Waals surface area contributed by atoms with Crippen LogP contribution in [0.15, 0.2) is 83.2 Å². The molecule has 4 nitrogen and oxygen atoms in total. The standard InChI is InChI=1S/C34H32NOS.C15H28O2.Ir/c1-20(2)15-27-21(3)37-32-18-23(11-12-26(27)32)28-19-31(35-30-13-14-36-33(28)30)24-16-22-9-7-8-10-25(22)29(17-24)34(4,5)6;1-7-14(5,8-2)12(16)11-13(17)15(6,9-3)10-4;/h7-14,17-20H,15H2,1-6H3;11,16H,7-10H2,1-6H3;/q-1;;/b;12-11-;. The molecule has 0 saturated carbocycles. The number of benzene rings is 3. The molecule has 0 aliphatic carbocycles. The summed E-state index contributed by atoms with van der Waals surface area (Å²) in [6, 6.07) is 25.4. The van der Waals surface area contributed by atoms with E-state index in [4.69, 9.17) is 9.40 Å². The summed E-state index contributed by atoms with van der Waals surface area (Å²) in [6.45, 7) is 25.7. The minimum Gasteiger partial charge on any atom is -0.512 e. The molecule has 0 fully saturated rings. The van der Waals surface area contributed by atoms with Gasteiger partial charge in [-0.05, 0) is 72.9 Å². The van der Waals surface area contributed by atoms with E-state index in [1.165, 1.54) is 37.6 Å². The normalized spacial score (nSPS) is 12.6. The van der Waals surface area contributed by atoms with Crippen LogP contribution in [0.4, 0.5) is 0 Å². The monoisotopic (exact) mass is 935 g/mol. The van der Waals surface area contributed by atoms with Crippen molar-refractivity contribution in [2.24, 2.45) is 16.7 Å². The van der Waals surface area contributed by atoms with Crippen LogP contribution in [0.25, 0.3) is 54.3 Å². The number of pyridine rings is 1. The van der Waals surface area contributed by atoms with Crippen LogP contribution in [0, 0.1) is 29.7 Å². The van der Waals surface area contributed by atoms with Gasteiger partial charge >= 0.3 is 0 Å². The van der Waals surface area contributed by atoms with Crippen molar-refractivity contribution in [3.05, 3.63) is 101 Å². The summed E-state index contributed by atoms with van der Waals surface area (Å²) >= 11 is 1.89. The fourth-order valence-corrected chi connectivity index (χ4v) is 8.22. The molecule has 0 aliphatic rings. The second-order valence-electron chi connectivity index (χ2n) is 17.0. The van der Waals surface area contributed by atoms with E-state index in [-0.39, 0.29) is 47.9 Å². The van der Waals surface area contributed by atoms with Gasteiger partial charge in [0.25, 0.3) is 0 Å². The third-order valence-electron chi connectivity index (χ3n) is 11.8. The topological polar surface area (TPSA) is 63.3 Å². The van der Waals surface area contributed by atoms with E-state index in [0.29, 0.717) is 5.92 Å². The first-order valence-corrected chi connectivity index (χ1v) is 20.6.